The van der Waals surface area contributed by atoms with E-state index in [9.17, 15) is 5.11 Å². The van der Waals surface area contributed by atoms with E-state index in [0.717, 1.165) is 24.0 Å². The van der Waals surface area contributed by atoms with Gasteiger partial charge in [-0.3, -0.25) is 0 Å². The summed E-state index contributed by atoms with van der Waals surface area (Å²) in [6, 6.07) is 14.3. The molecule has 0 saturated carbocycles. The van der Waals surface area contributed by atoms with Crippen LogP contribution in [0.4, 0.5) is 0 Å². The number of unbranched alkanes of at least 4 members (excludes halogenated alkanes) is 3. The Balaban J connectivity index is 1.83. The van der Waals surface area contributed by atoms with Gasteiger partial charge in [0.05, 0.1) is 6.61 Å². The quantitative estimate of drug-likeness (QED) is 0.718. The van der Waals surface area contributed by atoms with Crippen LogP contribution in [-0.4, -0.2) is 18.3 Å². The van der Waals surface area contributed by atoms with E-state index in [1.54, 1.807) is 0 Å². The summed E-state index contributed by atoms with van der Waals surface area (Å²) in [5.41, 5.74) is 0.928. The maximum Gasteiger partial charge on any atom is 0.102 e. The zero-order chi connectivity index (χ0) is 14.2. The van der Waals surface area contributed by atoms with Crippen LogP contribution in [-0.2, 0) is 4.74 Å². The van der Waals surface area contributed by atoms with Gasteiger partial charge in [0.1, 0.15) is 6.10 Å². The lowest BCUT2D eigenvalue weighted by Crippen LogP contribution is -2.08. The predicted octanol–water partition coefficient (Wildman–Crippen LogP) is 4.47. The molecule has 20 heavy (non-hydrogen) atoms. The van der Waals surface area contributed by atoms with Gasteiger partial charge in [0.2, 0.25) is 0 Å². The van der Waals surface area contributed by atoms with Gasteiger partial charge in [-0.15, -0.1) is 0 Å². The summed E-state index contributed by atoms with van der Waals surface area (Å²) in [7, 11) is 0. The molecule has 0 aliphatic carbocycles. The lowest BCUT2D eigenvalue weighted by Gasteiger charge is -2.12. The van der Waals surface area contributed by atoms with Crippen LogP contribution in [0.2, 0.25) is 0 Å². The Hall–Kier alpha value is -1.38. The van der Waals surface area contributed by atoms with Gasteiger partial charge >= 0.3 is 0 Å². The van der Waals surface area contributed by atoms with Crippen molar-refractivity contribution in [2.75, 3.05) is 13.2 Å². The molecule has 1 atom stereocenters. The van der Waals surface area contributed by atoms with Crippen LogP contribution >= 0.6 is 0 Å². The number of hydrogen-bond donors (Lipinski definition) is 1. The largest absolute Gasteiger partial charge is 0.386 e. The topological polar surface area (TPSA) is 29.5 Å². The van der Waals surface area contributed by atoms with Gasteiger partial charge in [-0.05, 0) is 28.8 Å². The Morgan fingerprint density at radius 2 is 1.80 bits per heavy atom. The van der Waals surface area contributed by atoms with Crippen molar-refractivity contribution in [3.63, 3.8) is 0 Å². The molecule has 0 spiro atoms. The molecular formula is C18H24O2. The highest BCUT2D eigenvalue weighted by atomic mass is 16.5. The average molecular weight is 272 g/mol. The standard InChI is InChI=1S/C18H24O2/c1-2-3-4-7-12-20-14-18(19)17-11-10-15-8-5-6-9-16(15)13-17/h5-6,8-11,13,18-19H,2-4,7,12,14H2,1H3. The minimum absolute atomic E-state index is 0.379. The minimum Gasteiger partial charge on any atom is -0.386 e. The Labute approximate surface area is 121 Å². The first kappa shape index (κ1) is 15.0. The predicted molar refractivity (Wildman–Crippen MR) is 83.9 cm³/mol. The van der Waals surface area contributed by atoms with Gasteiger partial charge in [-0.25, -0.2) is 0 Å². The van der Waals surface area contributed by atoms with Gasteiger partial charge in [-0.1, -0.05) is 62.6 Å². The number of fused-ring (bicyclic) bond motifs is 1. The molecule has 0 aromatic heterocycles. The lowest BCUT2D eigenvalue weighted by atomic mass is 10.0. The highest BCUT2D eigenvalue weighted by Crippen LogP contribution is 2.20. The van der Waals surface area contributed by atoms with Crippen molar-refractivity contribution in [1.29, 1.82) is 0 Å². The Kier molecular flexibility index (Phi) is 6.03. The van der Waals surface area contributed by atoms with Gasteiger partial charge in [-0.2, -0.15) is 0 Å². The van der Waals surface area contributed by atoms with Crippen molar-refractivity contribution in [3.05, 3.63) is 48.0 Å². The third-order valence-corrected chi connectivity index (χ3v) is 3.58. The van der Waals surface area contributed by atoms with Crippen LogP contribution in [0, 0.1) is 0 Å². The summed E-state index contributed by atoms with van der Waals surface area (Å²) < 4.78 is 5.56. The van der Waals surface area contributed by atoms with E-state index in [0.29, 0.717) is 6.61 Å². The second-order valence-electron chi connectivity index (χ2n) is 5.26. The zero-order valence-electron chi connectivity index (χ0n) is 12.2. The second kappa shape index (κ2) is 8.03. The highest BCUT2D eigenvalue weighted by Gasteiger charge is 2.08. The van der Waals surface area contributed by atoms with Crippen LogP contribution in [0.25, 0.3) is 10.8 Å². The lowest BCUT2D eigenvalue weighted by molar-refractivity contribution is 0.0345. The number of rotatable bonds is 8. The number of benzene rings is 2. The molecule has 0 amide bonds. The van der Waals surface area contributed by atoms with Crippen molar-refractivity contribution in [3.8, 4) is 0 Å². The maximum atomic E-state index is 10.2. The maximum absolute atomic E-state index is 10.2. The Morgan fingerprint density at radius 1 is 1.00 bits per heavy atom. The first-order valence-electron chi connectivity index (χ1n) is 7.55. The highest BCUT2D eigenvalue weighted by molar-refractivity contribution is 5.83. The number of aliphatic hydroxyl groups is 1. The van der Waals surface area contributed by atoms with Crippen molar-refractivity contribution >= 4 is 10.8 Å². The van der Waals surface area contributed by atoms with E-state index >= 15 is 0 Å². The van der Waals surface area contributed by atoms with Crippen molar-refractivity contribution in [2.24, 2.45) is 0 Å². The smallest absolute Gasteiger partial charge is 0.102 e. The molecule has 0 aliphatic rings. The molecule has 0 fully saturated rings. The number of aliphatic hydroxyl groups excluding tert-OH is 1. The van der Waals surface area contributed by atoms with Crippen LogP contribution in [0.15, 0.2) is 42.5 Å². The SMILES string of the molecule is CCCCCCOCC(O)c1ccc2ccccc2c1. The fourth-order valence-electron chi connectivity index (χ4n) is 2.34. The zero-order valence-corrected chi connectivity index (χ0v) is 12.2. The van der Waals surface area contributed by atoms with Crippen molar-refractivity contribution in [1.82, 2.24) is 0 Å². The summed E-state index contributed by atoms with van der Waals surface area (Å²) in [5.74, 6) is 0. The van der Waals surface area contributed by atoms with Crippen LogP contribution in [0.5, 0.6) is 0 Å². The summed E-state index contributed by atoms with van der Waals surface area (Å²) >= 11 is 0. The van der Waals surface area contributed by atoms with E-state index < -0.39 is 6.10 Å². The average Bonchev–Trinajstić information content (AvgIpc) is 2.50. The Morgan fingerprint density at radius 3 is 2.60 bits per heavy atom. The molecule has 0 radical (unpaired) electrons. The normalized spacial score (nSPS) is 12.7. The molecule has 2 nitrogen and oxygen atoms in total. The van der Waals surface area contributed by atoms with E-state index in [-0.39, 0.29) is 0 Å². The molecule has 2 aromatic carbocycles. The van der Waals surface area contributed by atoms with Crippen LogP contribution in [0.1, 0.15) is 44.3 Å². The van der Waals surface area contributed by atoms with E-state index in [1.165, 1.54) is 24.6 Å². The first-order chi connectivity index (χ1) is 9.81. The van der Waals surface area contributed by atoms with Crippen LogP contribution < -0.4 is 0 Å². The fraction of sp³-hybridized carbons (Fsp3) is 0.444. The molecular weight excluding hydrogens is 248 g/mol. The van der Waals surface area contributed by atoms with Crippen LogP contribution in [0.3, 0.4) is 0 Å². The van der Waals surface area contributed by atoms with E-state index in [4.69, 9.17) is 4.74 Å². The summed E-state index contributed by atoms with van der Waals surface area (Å²) in [6.45, 7) is 3.32. The number of hydrogen-bond acceptors (Lipinski definition) is 2. The summed E-state index contributed by atoms with van der Waals surface area (Å²) in [6.07, 6.45) is 4.25. The molecule has 1 unspecified atom stereocenters. The molecule has 0 bridgehead atoms. The van der Waals surface area contributed by atoms with Gasteiger partial charge in [0, 0.05) is 6.61 Å². The third-order valence-electron chi connectivity index (χ3n) is 3.58. The van der Waals surface area contributed by atoms with Gasteiger partial charge in [0.15, 0.2) is 0 Å². The monoisotopic (exact) mass is 272 g/mol. The number of ether oxygens (including phenoxy) is 1. The Bertz CT molecular complexity index is 522. The van der Waals surface area contributed by atoms with Crippen molar-refractivity contribution in [2.45, 2.75) is 38.7 Å². The van der Waals surface area contributed by atoms with Gasteiger partial charge in [0.25, 0.3) is 0 Å². The van der Waals surface area contributed by atoms with E-state index in [2.05, 4.69) is 25.1 Å². The molecule has 2 rings (SSSR count). The second-order valence-corrected chi connectivity index (χ2v) is 5.26. The molecule has 108 valence electrons. The molecule has 2 aromatic rings. The molecule has 0 aliphatic heterocycles. The summed E-state index contributed by atoms with van der Waals surface area (Å²) in [4.78, 5) is 0. The molecule has 2 heteroatoms. The molecule has 1 N–H and O–H groups in total. The first-order valence-corrected chi connectivity index (χ1v) is 7.55. The molecule has 0 saturated heterocycles. The molecule has 0 heterocycles. The fourth-order valence-corrected chi connectivity index (χ4v) is 2.34. The minimum atomic E-state index is -0.536. The summed E-state index contributed by atoms with van der Waals surface area (Å²) in [5, 5.41) is 12.5. The van der Waals surface area contributed by atoms with Gasteiger partial charge < -0.3 is 9.84 Å². The third kappa shape index (κ3) is 4.32. The van der Waals surface area contributed by atoms with Crippen molar-refractivity contribution < 1.29 is 9.84 Å². The van der Waals surface area contributed by atoms with E-state index in [1.807, 2.05) is 24.3 Å².